The third-order valence-corrected chi connectivity index (χ3v) is 3.06. The van der Waals surface area contributed by atoms with Gasteiger partial charge in [0.2, 0.25) is 0 Å². The Hall–Kier alpha value is -2.27. The molecular formula is C16H18FN3O. The van der Waals surface area contributed by atoms with E-state index in [1.165, 1.54) is 12.3 Å². The summed E-state index contributed by atoms with van der Waals surface area (Å²) in [5.74, 6) is -1.05. The van der Waals surface area contributed by atoms with Crippen LogP contribution in [0.15, 0.2) is 42.7 Å². The van der Waals surface area contributed by atoms with Crippen molar-refractivity contribution < 1.29 is 9.18 Å². The van der Waals surface area contributed by atoms with E-state index in [2.05, 4.69) is 15.2 Å². The van der Waals surface area contributed by atoms with Crippen LogP contribution < -0.4 is 5.32 Å². The number of benzene rings is 1. The normalized spacial score (nSPS) is 10.7. The third kappa shape index (κ3) is 4.10. The molecule has 0 aliphatic heterocycles. The van der Waals surface area contributed by atoms with Crippen molar-refractivity contribution in [2.24, 2.45) is 0 Å². The number of nitrogens with zero attached hydrogens (tertiary/aromatic N) is 2. The SMILES string of the molecule is CN(C)Cc1ccccc1CNC(=O)c1ccncc1F. The van der Waals surface area contributed by atoms with Gasteiger partial charge in [0, 0.05) is 19.3 Å². The molecule has 0 aliphatic carbocycles. The van der Waals surface area contributed by atoms with Gasteiger partial charge in [-0.15, -0.1) is 0 Å². The zero-order valence-electron chi connectivity index (χ0n) is 12.1. The van der Waals surface area contributed by atoms with Crippen molar-refractivity contribution >= 4 is 5.91 Å². The molecule has 1 N–H and O–H groups in total. The second kappa shape index (κ2) is 6.95. The van der Waals surface area contributed by atoms with Crippen LogP contribution in [-0.2, 0) is 13.1 Å². The lowest BCUT2D eigenvalue weighted by atomic mass is 10.1. The first-order valence-corrected chi connectivity index (χ1v) is 6.67. The monoisotopic (exact) mass is 287 g/mol. The van der Waals surface area contributed by atoms with Crippen molar-refractivity contribution in [2.75, 3.05) is 14.1 Å². The van der Waals surface area contributed by atoms with Crippen LogP contribution in [-0.4, -0.2) is 29.9 Å². The van der Waals surface area contributed by atoms with Crippen molar-refractivity contribution in [3.63, 3.8) is 0 Å². The van der Waals surface area contributed by atoms with Gasteiger partial charge in [-0.3, -0.25) is 9.78 Å². The van der Waals surface area contributed by atoms with Gasteiger partial charge in [-0.1, -0.05) is 24.3 Å². The smallest absolute Gasteiger partial charge is 0.254 e. The van der Waals surface area contributed by atoms with Crippen LogP contribution >= 0.6 is 0 Å². The minimum absolute atomic E-state index is 0.00934. The van der Waals surface area contributed by atoms with E-state index in [1.807, 2.05) is 38.4 Å². The standard InChI is InChI=1S/C16H18FN3O/c1-20(2)11-13-6-4-3-5-12(13)9-19-16(21)14-7-8-18-10-15(14)17/h3-8,10H,9,11H2,1-2H3,(H,19,21). The Kier molecular flexibility index (Phi) is 5.00. The molecule has 5 heteroatoms. The van der Waals surface area contributed by atoms with Crippen LogP contribution in [0.3, 0.4) is 0 Å². The molecule has 0 aliphatic rings. The summed E-state index contributed by atoms with van der Waals surface area (Å²) in [4.78, 5) is 17.7. The van der Waals surface area contributed by atoms with E-state index in [9.17, 15) is 9.18 Å². The van der Waals surface area contributed by atoms with E-state index in [4.69, 9.17) is 0 Å². The molecule has 0 atom stereocenters. The molecule has 0 fully saturated rings. The fourth-order valence-corrected chi connectivity index (χ4v) is 2.05. The average molecular weight is 287 g/mol. The van der Waals surface area contributed by atoms with Crippen molar-refractivity contribution in [3.8, 4) is 0 Å². The highest BCUT2D eigenvalue weighted by Crippen LogP contribution is 2.11. The number of hydrogen-bond acceptors (Lipinski definition) is 3. The van der Waals surface area contributed by atoms with E-state index in [0.29, 0.717) is 6.54 Å². The minimum Gasteiger partial charge on any atom is -0.348 e. The summed E-state index contributed by atoms with van der Waals surface area (Å²) in [5, 5.41) is 2.74. The minimum atomic E-state index is -0.614. The Balaban J connectivity index is 2.07. The molecule has 4 nitrogen and oxygen atoms in total. The number of amides is 1. The first kappa shape index (κ1) is 15.1. The van der Waals surface area contributed by atoms with Gasteiger partial charge < -0.3 is 10.2 Å². The molecule has 0 unspecified atom stereocenters. The molecule has 1 aromatic carbocycles. The molecule has 110 valence electrons. The maximum atomic E-state index is 13.5. The first-order chi connectivity index (χ1) is 10.1. The topological polar surface area (TPSA) is 45.2 Å². The Morgan fingerprint density at radius 2 is 1.95 bits per heavy atom. The summed E-state index contributed by atoms with van der Waals surface area (Å²) in [6.07, 6.45) is 2.44. The molecule has 2 rings (SSSR count). The van der Waals surface area contributed by atoms with Crippen molar-refractivity contribution in [1.29, 1.82) is 0 Å². The average Bonchev–Trinajstić information content (AvgIpc) is 2.46. The summed E-state index contributed by atoms with van der Waals surface area (Å²) in [5.41, 5.74) is 2.17. The lowest BCUT2D eigenvalue weighted by Crippen LogP contribution is -2.25. The molecule has 1 amide bonds. The third-order valence-electron chi connectivity index (χ3n) is 3.06. The lowest BCUT2D eigenvalue weighted by molar-refractivity contribution is 0.0946. The number of carbonyl (C=O) groups excluding carboxylic acids is 1. The predicted octanol–water partition coefficient (Wildman–Crippen LogP) is 2.21. The molecule has 0 saturated carbocycles. The molecule has 21 heavy (non-hydrogen) atoms. The molecule has 0 bridgehead atoms. The fourth-order valence-electron chi connectivity index (χ4n) is 2.05. The fraction of sp³-hybridized carbons (Fsp3) is 0.250. The van der Waals surface area contributed by atoms with Gasteiger partial charge in [0.05, 0.1) is 11.8 Å². The van der Waals surface area contributed by atoms with Gasteiger partial charge in [0.15, 0.2) is 5.82 Å². The summed E-state index contributed by atoms with van der Waals surface area (Å²) >= 11 is 0. The number of rotatable bonds is 5. The molecule has 1 heterocycles. The van der Waals surface area contributed by atoms with E-state index in [1.54, 1.807) is 0 Å². The second-order valence-electron chi connectivity index (χ2n) is 5.04. The van der Waals surface area contributed by atoms with E-state index in [0.717, 1.165) is 23.9 Å². The number of hydrogen-bond donors (Lipinski definition) is 1. The summed E-state index contributed by atoms with van der Waals surface area (Å²) in [6.45, 7) is 1.15. The number of aromatic nitrogens is 1. The predicted molar refractivity (Wildman–Crippen MR) is 79.2 cm³/mol. The molecule has 2 aromatic rings. The van der Waals surface area contributed by atoms with Crippen LogP contribution in [0.5, 0.6) is 0 Å². The molecular weight excluding hydrogens is 269 g/mol. The van der Waals surface area contributed by atoms with Crippen LogP contribution in [0.2, 0.25) is 0 Å². The van der Waals surface area contributed by atoms with Crippen LogP contribution in [0.1, 0.15) is 21.5 Å². The summed E-state index contributed by atoms with van der Waals surface area (Å²) < 4.78 is 13.5. The maximum Gasteiger partial charge on any atom is 0.254 e. The van der Waals surface area contributed by atoms with Crippen molar-refractivity contribution in [1.82, 2.24) is 15.2 Å². The van der Waals surface area contributed by atoms with Crippen LogP contribution in [0.4, 0.5) is 4.39 Å². The zero-order chi connectivity index (χ0) is 15.2. The number of carbonyl (C=O) groups is 1. The van der Waals surface area contributed by atoms with Gasteiger partial charge in [-0.2, -0.15) is 0 Å². The first-order valence-electron chi connectivity index (χ1n) is 6.67. The number of nitrogens with one attached hydrogen (secondary N) is 1. The summed E-state index contributed by atoms with van der Waals surface area (Å²) in [7, 11) is 3.98. The van der Waals surface area contributed by atoms with E-state index >= 15 is 0 Å². The maximum absolute atomic E-state index is 13.5. The van der Waals surface area contributed by atoms with Gasteiger partial charge in [0.1, 0.15) is 0 Å². The van der Waals surface area contributed by atoms with E-state index in [-0.39, 0.29) is 5.56 Å². The highest BCUT2D eigenvalue weighted by molar-refractivity contribution is 5.94. The van der Waals surface area contributed by atoms with Crippen LogP contribution in [0.25, 0.3) is 0 Å². The molecule has 1 aromatic heterocycles. The highest BCUT2D eigenvalue weighted by atomic mass is 19.1. The van der Waals surface area contributed by atoms with Crippen LogP contribution in [0, 0.1) is 5.82 Å². The number of halogens is 1. The van der Waals surface area contributed by atoms with Crippen molar-refractivity contribution in [3.05, 3.63) is 65.2 Å². The van der Waals surface area contributed by atoms with E-state index < -0.39 is 11.7 Å². The quantitative estimate of drug-likeness (QED) is 0.917. The van der Waals surface area contributed by atoms with Gasteiger partial charge >= 0.3 is 0 Å². The number of pyridine rings is 1. The zero-order valence-corrected chi connectivity index (χ0v) is 12.1. The Labute approximate surface area is 123 Å². The van der Waals surface area contributed by atoms with Gasteiger partial charge in [0.25, 0.3) is 5.91 Å². The van der Waals surface area contributed by atoms with Crippen molar-refractivity contribution in [2.45, 2.75) is 13.1 Å². The van der Waals surface area contributed by atoms with Gasteiger partial charge in [-0.05, 0) is 31.3 Å². The van der Waals surface area contributed by atoms with Gasteiger partial charge in [-0.25, -0.2) is 4.39 Å². The largest absolute Gasteiger partial charge is 0.348 e. The highest BCUT2D eigenvalue weighted by Gasteiger charge is 2.11. The summed E-state index contributed by atoms with van der Waals surface area (Å²) in [6, 6.07) is 9.24. The second-order valence-corrected chi connectivity index (χ2v) is 5.04. The molecule has 0 radical (unpaired) electrons. The Morgan fingerprint density at radius 1 is 1.24 bits per heavy atom. The Morgan fingerprint density at radius 3 is 2.62 bits per heavy atom. The Bertz CT molecular complexity index is 628. The molecule has 0 spiro atoms. The lowest BCUT2D eigenvalue weighted by Gasteiger charge is -2.14. The molecule has 0 saturated heterocycles.